The quantitative estimate of drug-likeness (QED) is 0.562. The van der Waals surface area contributed by atoms with E-state index in [0.29, 0.717) is 22.7 Å². The first-order valence-corrected chi connectivity index (χ1v) is 10.8. The molecular weight excluding hydrogens is 442 g/mol. The van der Waals surface area contributed by atoms with Crippen LogP contribution in [0.15, 0.2) is 36.4 Å². The van der Waals surface area contributed by atoms with Gasteiger partial charge in [0, 0.05) is 22.8 Å². The minimum absolute atomic E-state index is 0.0873. The van der Waals surface area contributed by atoms with Gasteiger partial charge in [0.1, 0.15) is 11.2 Å². The van der Waals surface area contributed by atoms with Crippen LogP contribution in [0, 0.1) is 17.2 Å². The molecule has 0 aliphatic carbocycles. The van der Waals surface area contributed by atoms with E-state index in [9.17, 15) is 14.7 Å². The third-order valence-electron chi connectivity index (χ3n) is 6.24. The Morgan fingerprint density at radius 3 is 2.65 bits per heavy atom. The SMILES string of the molecule is CC(C)(C)C[C@H]1CN(C(=O)O)[C@@H](c2cccc(Cl)c2F)C12C(=O)Nc1cc(Cl)ccc12. The summed E-state index contributed by atoms with van der Waals surface area (Å²) in [5.41, 5.74) is -0.263. The fraction of sp³-hybridized carbons (Fsp3) is 0.391. The van der Waals surface area contributed by atoms with Gasteiger partial charge in [-0.05, 0) is 41.5 Å². The number of carboxylic acid groups (broad SMARTS) is 1. The molecule has 2 N–H and O–H groups in total. The molecule has 2 aliphatic heterocycles. The first-order chi connectivity index (χ1) is 14.5. The zero-order valence-electron chi connectivity index (χ0n) is 17.4. The number of carbonyl (C=O) groups is 2. The Bertz CT molecular complexity index is 1080. The number of nitrogens with zero attached hydrogens (tertiary/aromatic N) is 1. The molecule has 1 saturated heterocycles. The predicted molar refractivity (Wildman–Crippen MR) is 118 cm³/mol. The molecule has 0 aromatic heterocycles. The maximum absolute atomic E-state index is 15.3. The second-order valence-corrected chi connectivity index (χ2v) is 10.3. The predicted octanol–water partition coefficient (Wildman–Crippen LogP) is 6.11. The zero-order chi connectivity index (χ0) is 22.7. The number of benzene rings is 2. The molecule has 1 spiro atoms. The number of nitrogens with one attached hydrogen (secondary N) is 1. The number of carbonyl (C=O) groups excluding carboxylic acids is 1. The minimum Gasteiger partial charge on any atom is -0.465 e. The zero-order valence-corrected chi connectivity index (χ0v) is 18.9. The van der Waals surface area contributed by atoms with Crippen molar-refractivity contribution in [3.8, 4) is 0 Å². The Balaban J connectivity index is 2.04. The van der Waals surface area contributed by atoms with Crippen molar-refractivity contribution in [1.29, 1.82) is 0 Å². The molecule has 164 valence electrons. The van der Waals surface area contributed by atoms with Crippen molar-refractivity contribution in [1.82, 2.24) is 4.90 Å². The van der Waals surface area contributed by atoms with E-state index in [-0.39, 0.29) is 34.4 Å². The van der Waals surface area contributed by atoms with Crippen molar-refractivity contribution in [2.24, 2.45) is 11.3 Å². The van der Waals surface area contributed by atoms with Crippen LogP contribution in [0.3, 0.4) is 0 Å². The van der Waals surface area contributed by atoms with Crippen LogP contribution in [0.25, 0.3) is 0 Å². The summed E-state index contributed by atoms with van der Waals surface area (Å²) < 4.78 is 15.3. The molecule has 1 unspecified atom stereocenters. The standard InChI is InChI=1S/C23H23Cl2FN2O3/c1-22(2,3)10-12-11-28(21(30)31)19(14-5-4-6-16(25)18(14)26)23(12)15-8-7-13(24)9-17(15)27-20(23)29/h4-9,12,19H,10-11H2,1-3H3,(H,27,29)(H,30,31)/t12-,19-,23?/m0/s1. The number of likely N-dealkylation sites (tertiary alicyclic amines) is 1. The third-order valence-corrected chi connectivity index (χ3v) is 6.76. The lowest BCUT2D eigenvalue weighted by molar-refractivity contribution is -0.123. The van der Waals surface area contributed by atoms with Crippen molar-refractivity contribution in [2.45, 2.75) is 38.6 Å². The molecule has 2 aromatic carbocycles. The van der Waals surface area contributed by atoms with E-state index >= 15 is 4.39 Å². The summed E-state index contributed by atoms with van der Waals surface area (Å²) in [5, 5.41) is 13.3. The second kappa shape index (κ2) is 7.38. The summed E-state index contributed by atoms with van der Waals surface area (Å²) in [4.78, 5) is 27.2. The van der Waals surface area contributed by atoms with Gasteiger partial charge in [-0.15, -0.1) is 0 Å². The summed E-state index contributed by atoms with van der Waals surface area (Å²) in [5.74, 6) is -1.45. The molecular formula is C23H23Cl2FN2O3. The molecule has 0 bridgehead atoms. The molecule has 3 atom stereocenters. The molecule has 1 fully saturated rings. The van der Waals surface area contributed by atoms with Gasteiger partial charge in [-0.25, -0.2) is 9.18 Å². The minimum atomic E-state index is -1.31. The third kappa shape index (κ3) is 3.37. The smallest absolute Gasteiger partial charge is 0.407 e. The largest absolute Gasteiger partial charge is 0.465 e. The highest BCUT2D eigenvalue weighted by molar-refractivity contribution is 6.31. The first kappa shape index (κ1) is 21.9. The molecule has 2 amide bonds. The van der Waals surface area contributed by atoms with Crippen LogP contribution < -0.4 is 5.32 Å². The number of hydrogen-bond acceptors (Lipinski definition) is 2. The second-order valence-electron chi connectivity index (χ2n) is 9.46. The Morgan fingerprint density at radius 2 is 2.00 bits per heavy atom. The van der Waals surface area contributed by atoms with Gasteiger partial charge in [-0.3, -0.25) is 9.69 Å². The number of fused-ring (bicyclic) bond motifs is 2. The number of anilines is 1. The normalized spacial score (nSPS) is 25.1. The van der Waals surface area contributed by atoms with Crippen LogP contribution in [-0.2, 0) is 10.2 Å². The molecule has 5 nitrogen and oxygen atoms in total. The van der Waals surface area contributed by atoms with Crippen molar-refractivity contribution in [2.75, 3.05) is 11.9 Å². The van der Waals surface area contributed by atoms with Gasteiger partial charge >= 0.3 is 6.09 Å². The van der Waals surface area contributed by atoms with Crippen LogP contribution in [0.4, 0.5) is 14.9 Å². The summed E-state index contributed by atoms with van der Waals surface area (Å²) in [7, 11) is 0. The van der Waals surface area contributed by atoms with E-state index in [4.69, 9.17) is 23.2 Å². The van der Waals surface area contributed by atoms with Crippen molar-refractivity contribution >= 4 is 40.9 Å². The van der Waals surface area contributed by atoms with Gasteiger partial charge in [0.25, 0.3) is 0 Å². The molecule has 2 aliphatic rings. The number of hydrogen-bond donors (Lipinski definition) is 2. The highest BCUT2D eigenvalue weighted by Crippen LogP contribution is 2.60. The lowest BCUT2D eigenvalue weighted by atomic mass is 9.63. The summed E-state index contributed by atoms with van der Waals surface area (Å²) in [6.45, 7) is 6.21. The van der Waals surface area contributed by atoms with Gasteiger partial charge in [-0.2, -0.15) is 0 Å². The van der Waals surface area contributed by atoms with Gasteiger partial charge < -0.3 is 10.4 Å². The number of halogens is 3. The van der Waals surface area contributed by atoms with Gasteiger partial charge in [-0.1, -0.05) is 62.2 Å². The van der Waals surface area contributed by atoms with E-state index in [1.807, 2.05) is 20.8 Å². The average Bonchev–Trinajstić information content (AvgIpc) is 3.12. The Kier molecular flexibility index (Phi) is 5.22. The van der Waals surface area contributed by atoms with Gasteiger partial charge in [0.2, 0.25) is 5.91 Å². The Morgan fingerprint density at radius 1 is 1.29 bits per heavy atom. The van der Waals surface area contributed by atoms with Crippen LogP contribution in [-0.4, -0.2) is 28.6 Å². The van der Waals surface area contributed by atoms with E-state index in [2.05, 4.69) is 5.32 Å². The van der Waals surface area contributed by atoms with Gasteiger partial charge in [0.15, 0.2) is 0 Å². The molecule has 0 radical (unpaired) electrons. The van der Waals surface area contributed by atoms with Crippen molar-refractivity contribution in [3.63, 3.8) is 0 Å². The Labute approximate surface area is 190 Å². The molecule has 2 aromatic rings. The molecule has 4 rings (SSSR count). The highest BCUT2D eigenvalue weighted by atomic mass is 35.5. The lowest BCUT2D eigenvalue weighted by Gasteiger charge is -2.37. The van der Waals surface area contributed by atoms with E-state index in [1.54, 1.807) is 24.3 Å². The summed E-state index contributed by atoms with van der Waals surface area (Å²) >= 11 is 12.2. The molecule has 31 heavy (non-hydrogen) atoms. The average molecular weight is 465 g/mol. The first-order valence-electron chi connectivity index (χ1n) is 10.0. The Hall–Kier alpha value is -2.31. The fourth-order valence-corrected chi connectivity index (χ4v) is 5.61. The highest BCUT2D eigenvalue weighted by Gasteiger charge is 2.65. The number of amides is 2. The van der Waals surface area contributed by atoms with Crippen molar-refractivity contribution in [3.05, 3.63) is 63.4 Å². The maximum atomic E-state index is 15.3. The lowest BCUT2D eigenvalue weighted by Crippen LogP contribution is -2.46. The summed E-state index contributed by atoms with van der Waals surface area (Å²) in [6, 6.07) is 8.47. The maximum Gasteiger partial charge on any atom is 0.407 e. The van der Waals surface area contributed by atoms with Gasteiger partial charge in [0.05, 0.1) is 11.1 Å². The van der Waals surface area contributed by atoms with Crippen LogP contribution >= 0.6 is 23.2 Å². The summed E-state index contributed by atoms with van der Waals surface area (Å²) in [6.07, 6.45) is -0.652. The fourth-order valence-electron chi connectivity index (χ4n) is 5.26. The van der Waals surface area contributed by atoms with Crippen LogP contribution in [0.1, 0.15) is 44.4 Å². The molecule has 0 saturated carbocycles. The van der Waals surface area contributed by atoms with Crippen LogP contribution in [0.5, 0.6) is 0 Å². The van der Waals surface area contributed by atoms with E-state index in [0.717, 1.165) is 0 Å². The number of rotatable bonds is 2. The van der Waals surface area contributed by atoms with Crippen LogP contribution in [0.2, 0.25) is 10.0 Å². The molecule has 2 heterocycles. The van der Waals surface area contributed by atoms with E-state index < -0.39 is 23.4 Å². The van der Waals surface area contributed by atoms with Crippen molar-refractivity contribution < 1.29 is 19.1 Å². The van der Waals surface area contributed by atoms with E-state index in [1.165, 1.54) is 17.0 Å². The molecule has 8 heteroatoms. The monoisotopic (exact) mass is 464 g/mol. The topological polar surface area (TPSA) is 69.6 Å².